The summed E-state index contributed by atoms with van der Waals surface area (Å²) in [5, 5.41) is 12.7. The standard InChI is InChI=1S/C11H10BrF3N2O3/c12-6-1-2-8(7(3-6)11(13,14)15)16-4-9(18)17-5-10(19)20/h1-3,16H,4-5H2,(H,17,18)(H,19,20). The normalized spacial score (nSPS) is 11.0. The maximum Gasteiger partial charge on any atom is 0.418 e. The highest BCUT2D eigenvalue weighted by atomic mass is 79.9. The minimum Gasteiger partial charge on any atom is -0.480 e. The summed E-state index contributed by atoms with van der Waals surface area (Å²) in [5.41, 5.74) is -1.18. The fourth-order valence-corrected chi connectivity index (χ4v) is 1.68. The SMILES string of the molecule is O=C(O)CNC(=O)CNc1ccc(Br)cc1C(F)(F)F. The minimum absolute atomic E-state index is 0.255. The van der Waals surface area contributed by atoms with Gasteiger partial charge in [-0.1, -0.05) is 15.9 Å². The molecule has 0 heterocycles. The highest BCUT2D eigenvalue weighted by Gasteiger charge is 2.33. The molecule has 0 radical (unpaired) electrons. The molecule has 1 amide bonds. The third kappa shape index (κ3) is 5.08. The number of benzene rings is 1. The Morgan fingerprint density at radius 1 is 1.25 bits per heavy atom. The van der Waals surface area contributed by atoms with E-state index >= 15 is 0 Å². The fraction of sp³-hybridized carbons (Fsp3) is 0.273. The van der Waals surface area contributed by atoms with Crippen molar-refractivity contribution in [1.29, 1.82) is 0 Å². The first-order chi connectivity index (χ1) is 9.20. The maximum atomic E-state index is 12.8. The van der Waals surface area contributed by atoms with Gasteiger partial charge >= 0.3 is 12.1 Å². The summed E-state index contributed by atoms with van der Waals surface area (Å²) in [7, 11) is 0. The van der Waals surface area contributed by atoms with Crippen molar-refractivity contribution in [3.8, 4) is 0 Å². The molecule has 0 aromatic heterocycles. The molecule has 9 heteroatoms. The Labute approximate surface area is 120 Å². The molecule has 0 saturated carbocycles. The molecule has 110 valence electrons. The molecule has 0 aliphatic carbocycles. The monoisotopic (exact) mass is 354 g/mol. The molecular weight excluding hydrogens is 345 g/mol. The summed E-state index contributed by atoms with van der Waals surface area (Å²) < 4.78 is 38.6. The number of carboxylic acid groups (broad SMARTS) is 1. The van der Waals surface area contributed by atoms with Crippen molar-refractivity contribution in [2.24, 2.45) is 0 Å². The average Bonchev–Trinajstić information content (AvgIpc) is 2.33. The predicted octanol–water partition coefficient (Wildman–Crippen LogP) is 2.08. The Kier molecular flexibility index (Phi) is 5.37. The summed E-state index contributed by atoms with van der Waals surface area (Å²) in [4.78, 5) is 21.4. The first-order valence-corrected chi connectivity index (χ1v) is 6.08. The Bertz CT molecular complexity index is 520. The van der Waals surface area contributed by atoms with Gasteiger partial charge in [0.15, 0.2) is 0 Å². The van der Waals surface area contributed by atoms with E-state index < -0.39 is 36.7 Å². The Hall–Kier alpha value is -1.77. The van der Waals surface area contributed by atoms with E-state index in [0.717, 1.165) is 6.07 Å². The van der Waals surface area contributed by atoms with E-state index in [9.17, 15) is 22.8 Å². The van der Waals surface area contributed by atoms with Gasteiger partial charge in [-0.3, -0.25) is 9.59 Å². The third-order valence-electron chi connectivity index (χ3n) is 2.16. The second-order valence-corrected chi connectivity index (χ2v) is 4.63. The second-order valence-electron chi connectivity index (χ2n) is 3.71. The van der Waals surface area contributed by atoms with Crippen molar-refractivity contribution in [2.75, 3.05) is 18.4 Å². The van der Waals surface area contributed by atoms with Crippen LogP contribution in [0.5, 0.6) is 0 Å². The third-order valence-corrected chi connectivity index (χ3v) is 2.66. The van der Waals surface area contributed by atoms with E-state index in [1.165, 1.54) is 12.1 Å². The van der Waals surface area contributed by atoms with E-state index in [1.54, 1.807) is 0 Å². The molecule has 0 unspecified atom stereocenters. The van der Waals surface area contributed by atoms with Crippen molar-refractivity contribution in [1.82, 2.24) is 5.32 Å². The first kappa shape index (κ1) is 16.3. The van der Waals surface area contributed by atoms with Gasteiger partial charge in [-0.25, -0.2) is 0 Å². The Morgan fingerprint density at radius 2 is 1.90 bits per heavy atom. The molecule has 1 aromatic carbocycles. The van der Waals surface area contributed by atoms with Gasteiger partial charge in [0, 0.05) is 10.2 Å². The lowest BCUT2D eigenvalue weighted by Gasteiger charge is -2.14. The second kappa shape index (κ2) is 6.60. The first-order valence-electron chi connectivity index (χ1n) is 5.29. The van der Waals surface area contributed by atoms with Crippen molar-refractivity contribution in [3.63, 3.8) is 0 Å². The number of nitrogens with one attached hydrogen (secondary N) is 2. The lowest BCUT2D eigenvalue weighted by atomic mass is 10.1. The molecule has 0 atom stereocenters. The van der Waals surface area contributed by atoms with Gasteiger partial charge in [0.2, 0.25) is 5.91 Å². The highest BCUT2D eigenvalue weighted by molar-refractivity contribution is 9.10. The van der Waals surface area contributed by atoms with Crippen LogP contribution in [0, 0.1) is 0 Å². The van der Waals surface area contributed by atoms with Gasteiger partial charge in [0.25, 0.3) is 0 Å². The van der Waals surface area contributed by atoms with Crippen molar-refractivity contribution < 1.29 is 27.9 Å². The van der Waals surface area contributed by atoms with Crippen molar-refractivity contribution in [3.05, 3.63) is 28.2 Å². The molecule has 0 saturated heterocycles. The topological polar surface area (TPSA) is 78.4 Å². The Balaban J connectivity index is 2.73. The smallest absolute Gasteiger partial charge is 0.418 e. The number of carboxylic acids is 1. The van der Waals surface area contributed by atoms with E-state index in [-0.39, 0.29) is 10.2 Å². The zero-order chi connectivity index (χ0) is 15.3. The van der Waals surface area contributed by atoms with Crippen LogP contribution in [0.2, 0.25) is 0 Å². The van der Waals surface area contributed by atoms with Gasteiger partial charge in [-0.2, -0.15) is 13.2 Å². The van der Waals surface area contributed by atoms with Crippen LogP contribution in [0.1, 0.15) is 5.56 Å². The number of carbonyl (C=O) groups is 2. The van der Waals surface area contributed by atoms with Gasteiger partial charge < -0.3 is 15.7 Å². The predicted molar refractivity (Wildman–Crippen MR) is 68.3 cm³/mol. The fourth-order valence-electron chi connectivity index (χ4n) is 1.32. The largest absolute Gasteiger partial charge is 0.480 e. The molecule has 0 aliphatic rings. The van der Waals surface area contributed by atoms with Gasteiger partial charge in [-0.05, 0) is 18.2 Å². The average molecular weight is 355 g/mol. The van der Waals surface area contributed by atoms with E-state index in [1.807, 2.05) is 5.32 Å². The van der Waals surface area contributed by atoms with Crippen LogP contribution < -0.4 is 10.6 Å². The van der Waals surface area contributed by atoms with Crippen molar-refractivity contribution in [2.45, 2.75) is 6.18 Å². The number of anilines is 1. The zero-order valence-electron chi connectivity index (χ0n) is 9.92. The highest BCUT2D eigenvalue weighted by Crippen LogP contribution is 2.36. The molecule has 1 rings (SSSR count). The molecule has 0 fully saturated rings. The van der Waals surface area contributed by atoms with Crippen LogP contribution in [-0.2, 0) is 15.8 Å². The van der Waals surface area contributed by atoms with Crippen LogP contribution >= 0.6 is 15.9 Å². The molecular formula is C11H10BrF3N2O3. The van der Waals surface area contributed by atoms with Crippen LogP contribution in [0.4, 0.5) is 18.9 Å². The number of aliphatic carboxylic acids is 1. The number of hydrogen-bond donors (Lipinski definition) is 3. The quantitative estimate of drug-likeness (QED) is 0.756. The van der Waals surface area contributed by atoms with Crippen LogP contribution in [0.15, 0.2) is 22.7 Å². The molecule has 0 bridgehead atoms. The number of carbonyl (C=O) groups excluding carboxylic acids is 1. The summed E-state index contributed by atoms with van der Waals surface area (Å²) in [5.74, 6) is -1.96. The molecule has 20 heavy (non-hydrogen) atoms. The summed E-state index contributed by atoms with van der Waals surface area (Å²) in [6.07, 6.45) is -4.57. The van der Waals surface area contributed by atoms with Crippen molar-refractivity contribution >= 4 is 33.5 Å². The number of alkyl halides is 3. The summed E-state index contributed by atoms with van der Waals surface area (Å²) in [6.45, 7) is -1.05. The van der Waals surface area contributed by atoms with Gasteiger partial charge in [-0.15, -0.1) is 0 Å². The Morgan fingerprint density at radius 3 is 2.45 bits per heavy atom. The zero-order valence-corrected chi connectivity index (χ0v) is 11.5. The molecule has 0 aliphatic heterocycles. The van der Waals surface area contributed by atoms with E-state index in [0.29, 0.717) is 0 Å². The van der Waals surface area contributed by atoms with E-state index in [4.69, 9.17) is 5.11 Å². The van der Waals surface area contributed by atoms with Crippen LogP contribution in [0.25, 0.3) is 0 Å². The summed E-state index contributed by atoms with van der Waals surface area (Å²) >= 11 is 2.94. The minimum atomic E-state index is -4.57. The number of amides is 1. The lowest BCUT2D eigenvalue weighted by Crippen LogP contribution is -2.34. The van der Waals surface area contributed by atoms with Crippen LogP contribution in [-0.4, -0.2) is 30.1 Å². The molecule has 3 N–H and O–H groups in total. The molecule has 0 spiro atoms. The maximum absolute atomic E-state index is 12.8. The summed E-state index contributed by atoms with van der Waals surface area (Å²) in [6, 6.07) is 3.46. The lowest BCUT2D eigenvalue weighted by molar-refractivity contribution is -0.137. The number of rotatable bonds is 5. The molecule has 1 aromatic rings. The number of halogens is 4. The van der Waals surface area contributed by atoms with E-state index in [2.05, 4.69) is 21.2 Å². The molecule has 5 nitrogen and oxygen atoms in total. The number of hydrogen-bond acceptors (Lipinski definition) is 3. The van der Waals surface area contributed by atoms with Crippen LogP contribution in [0.3, 0.4) is 0 Å². The van der Waals surface area contributed by atoms with Gasteiger partial charge in [0.05, 0.1) is 12.1 Å². The van der Waals surface area contributed by atoms with Gasteiger partial charge in [0.1, 0.15) is 6.54 Å².